The van der Waals surface area contributed by atoms with E-state index in [0.29, 0.717) is 0 Å². The molecule has 1 rings (SSSR count). The number of rotatable bonds is 5. The number of carboxylic acid groups (broad SMARTS) is 1. The van der Waals surface area contributed by atoms with E-state index in [0.717, 1.165) is 0 Å². The number of ether oxygens (including phenoxy) is 1. The van der Waals surface area contributed by atoms with Crippen molar-refractivity contribution < 1.29 is 24.2 Å². The molecule has 2 amide bonds. The van der Waals surface area contributed by atoms with Gasteiger partial charge >= 0.3 is 12.1 Å². The molecule has 0 aliphatic rings. The zero-order valence-electron chi connectivity index (χ0n) is 12.6. The van der Waals surface area contributed by atoms with Crippen LogP contribution in [0.25, 0.3) is 0 Å². The Morgan fingerprint density at radius 1 is 1.36 bits per heavy atom. The molecule has 4 N–H and O–H groups in total. The molecule has 0 saturated carbocycles. The number of carbonyl (C=O) groups excluding carboxylic acids is 2. The van der Waals surface area contributed by atoms with Gasteiger partial charge in [-0.05, 0) is 32.4 Å². The summed E-state index contributed by atoms with van der Waals surface area (Å²) in [7, 11) is 0. The van der Waals surface area contributed by atoms with Crippen molar-refractivity contribution in [1.82, 2.24) is 10.3 Å². The van der Waals surface area contributed by atoms with Crippen LogP contribution >= 0.6 is 0 Å². The number of amides is 2. The maximum absolute atomic E-state index is 11.8. The Labute approximate surface area is 127 Å². The molecule has 0 spiro atoms. The predicted molar refractivity (Wildman–Crippen MR) is 77.0 cm³/mol. The first-order valence-electron chi connectivity index (χ1n) is 6.53. The van der Waals surface area contributed by atoms with Gasteiger partial charge in [-0.2, -0.15) is 0 Å². The normalized spacial score (nSPS) is 13.8. The summed E-state index contributed by atoms with van der Waals surface area (Å²) in [6.07, 6.45) is 1.83. The van der Waals surface area contributed by atoms with E-state index in [2.05, 4.69) is 10.3 Å². The van der Waals surface area contributed by atoms with Crippen molar-refractivity contribution in [3.8, 4) is 0 Å². The highest BCUT2D eigenvalue weighted by atomic mass is 16.6. The summed E-state index contributed by atoms with van der Waals surface area (Å²) in [5, 5.41) is 11.6. The van der Waals surface area contributed by atoms with Crippen molar-refractivity contribution in [2.75, 3.05) is 0 Å². The summed E-state index contributed by atoms with van der Waals surface area (Å²) in [6, 6.07) is 1.55. The second kappa shape index (κ2) is 6.88. The highest BCUT2D eigenvalue weighted by Crippen LogP contribution is 2.20. The van der Waals surface area contributed by atoms with Gasteiger partial charge in [0.15, 0.2) is 0 Å². The van der Waals surface area contributed by atoms with Gasteiger partial charge in [-0.15, -0.1) is 0 Å². The molecule has 0 aromatic carbocycles. The van der Waals surface area contributed by atoms with Crippen molar-refractivity contribution in [2.24, 2.45) is 5.73 Å². The van der Waals surface area contributed by atoms with Crippen LogP contribution in [-0.2, 0) is 14.3 Å². The number of hydrogen-bond acceptors (Lipinski definition) is 5. The van der Waals surface area contributed by atoms with Crippen molar-refractivity contribution in [3.63, 3.8) is 0 Å². The molecule has 2 atom stereocenters. The molecule has 1 aromatic heterocycles. The number of aromatic nitrogens is 1. The van der Waals surface area contributed by atoms with E-state index in [4.69, 9.17) is 10.5 Å². The van der Waals surface area contributed by atoms with Gasteiger partial charge < -0.3 is 20.9 Å². The van der Waals surface area contributed by atoms with Gasteiger partial charge in [0.1, 0.15) is 17.6 Å². The lowest BCUT2D eigenvalue weighted by Gasteiger charge is -2.25. The molecule has 0 aliphatic carbocycles. The summed E-state index contributed by atoms with van der Waals surface area (Å²) >= 11 is 0. The number of carboxylic acids is 1. The van der Waals surface area contributed by atoms with Crippen LogP contribution in [0.3, 0.4) is 0 Å². The molecule has 0 fully saturated rings. The number of primary amides is 1. The number of pyridine rings is 1. The molecule has 1 unspecified atom stereocenters. The highest BCUT2D eigenvalue weighted by molar-refractivity contribution is 5.92. The Kier molecular flexibility index (Phi) is 5.44. The van der Waals surface area contributed by atoms with E-state index in [9.17, 15) is 19.5 Å². The van der Waals surface area contributed by atoms with Gasteiger partial charge in [-0.1, -0.05) is 6.07 Å². The third-order valence-corrected chi connectivity index (χ3v) is 2.62. The topological polar surface area (TPSA) is 132 Å². The minimum atomic E-state index is -1.46. The summed E-state index contributed by atoms with van der Waals surface area (Å²) in [6.45, 7) is 4.92. The zero-order valence-corrected chi connectivity index (χ0v) is 12.6. The van der Waals surface area contributed by atoms with Crippen LogP contribution in [-0.4, -0.2) is 39.7 Å². The number of nitrogens with zero attached hydrogens (tertiary/aromatic N) is 1. The Morgan fingerprint density at radius 3 is 2.41 bits per heavy atom. The molecule has 1 aromatic rings. The number of carbonyl (C=O) groups is 3. The fourth-order valence-electron chi connectivity index (χ4n) is 1.79. The number of nitrogens with two attached hydrogens (primary N) is 1. The second-order valence-corrected chi connectivity index (χ2v) is 5.63. The van der Waals surface area contributed by atoms with Crippen LogP contribution in [0.1, 0.15) is 32.3 Å². The summed E-state index contributed by atoms with van der Waals surface area (Å²) in [4.78, 5) is 38.7. The molecular weight excluding hydrogens is 290 g/mol. The number of hydrogen-bond donors (Lipinski definition) is 3. The fraction of sp³-hybridized carbons (Fsp3) is 0.429. The molecule has 8 nitrogen and oxygen atoms in total. The van der Waals surface area contributed by atoms with Crippen LogP contribution in [0.5, 0.6) is 0 Å². The van der Waals surface area contributed by atoms with Gasteiger partial charge in [0.05, 0.1) is 0 Å². The Bertz CT molecular complexity index is 553. The molecule has 0 bridgehead atoms. The van der Waals surface area contributed by atoms with Crippen molar-refractivity contribution in [2.45, 2.75) is 38.3 Å². The van der Waals surface area contributed by atoms with Crippen molar-refractivity contribution >= 4 is 18.0 Å². The van der Waals surface area contributed by atoms with Crippen molar-refractivity contribution in [3.05, 3.63) is 30.1 Å². The fourth-order valence-corrected chi connectivity index (χ4v) is 1.79. The number of nitrogens with one attached hydrogen (secondary N) is 1. The first-order valence-corrected chi connectivity index (χ1v) is 6.53. The van der Waals surface area contributed by atoms with Gasteiger partial charge in [0.25, 0.3) is 0 Å². The highest BCUT2D eigenvalue weighted by Gasteiger charge is 2.36. The lowest BCUT2D eigenvalue weighted by Crippen LogP contribution is -2.51. The maximum Gasteiger partial charge on any atom is 0.408 e. The first-order chi connectivity index (χ1) is 10.1. The summed E-state index contributed by atoms with van der Waals surface area (Å²) < 4.78 is 5.02. The van der Waals surface area contributed by atoms with Gasteiger partial charge in [0, 0.05) is 12.4 Å². The number of alkyl carbamates (subject to hydrolysis) is 1. The standard InChI is InChI=1S/C14H19N3O5/c1-14(2,3)22-13(21)17-10(11(15)18)9(12(19)20)8-5-4-6-16-7-8/h4-7,9-10H,1-3H3,(H2,15,18)(H,17,21)(H,19,20)/t9?,10-/m1/s1. The quantitative estimate of drug-likeness (QED) is 0.731. The zero-order chi connectivity index (χ0) is 16.9. The first kappa shape index (κ1) is 17.4. The largest absolute Gasteiger partial charge is 0.481 e. The van der Waals surface area contributed by atoms with Gasteiger partial charge in [-0.25, -0.2) is 4.79 Å². The van der Waals surface area contributed by atoms with E-state index >= 15 is 0 Å². The van der Waals surface area contributed by atoms with E-state index in [1.54, 1.807) is 20.8 Å². The molecule has 0 radical (unpaired) electrons. The van der Waals surface area contributed by atoms with Crippen LogP contribution in [0.2, 0.25) is 0 Å². The Morgan fingerprint density at radius 2 is 2.00 bits per heavy atom. The van der Waals surface area contributed by atoms with Gasteiger partial charge in [0.2, 0.25) is 5.91 Å². The monoisotopic (exact) mass is 309 g/mol. The van der Waals surface area contributed by atoms with E-state index < -0.39 is 35.5 Å². The molecular formula is C14H19N3O5. The molecule has 0 saturated heterocycles. The lowest BCUT2D eigenvalue weighted by atomic mass is 9.92. The third-order valence-electron chi connectivity index (χ3n) is 2.62. The molecule has 22 heavy (non-hydrogen) atoms. The smallest absolute Gasteiger partial charge is 0.408 e. The number of aliphatic carboxylic acids is 1. The maximum atomic E-state index is 11.8. The van der Waals surface area contributed by atoms with Crippen LogP contribution < -0.4 is 11.1 Å². The summed E-state index contributed by atoms with van der Waals surface area (Å²) in [5.41, 5.74) is 4.68. The van der Waals surface area contributed by atoms with E-state index in [1.165, 1.54) is 24.5 Å². The van der Waals surface area contributed by atoms with Crippen LogP contribution in [0.4, 0.5) is 4.79 Å². The third kappa shape index (κ3) is 5.04. The Hall–Kier alpha value is -2.64. The molecule has 120 valence electrons. The van der Waals surface area contributed by atoms with Gasteiger partial charge in [-0.3, -0.25) is 14.6 Å². The average molecular weight is 309 g/mol. The molecule has 8 heteroatoms. The lowest BCUT2D eigenvalue weighted by molar-refractivity contribution is -0.141. The SMILES string of the molecule is CC(C)(C)OC(=O)N[C@@H](C(N)=O)C(C(=O)O)c1cccnc1. The predicted octanol–water partition coefficient (Wildman–Crippen LogP) is 0.628. The second-order valence-electron chi connectivity index (χ2n) is 5.63. The van der Waals surface area contributed by atoms with E-state index in [-0.39, 0.29) is 5.56 Å². The van der Waals surface area contributed by atoms with Crippen LogP contribution in [0.15, 0.2) is 24.5 Å². The molecule has 1 heterocycles. The van der Waals surface area contributed by atoms with Crippen LogP contribution in [0, 0.1) is 0 Å². The average Bonchev–Trinajstić information content (AvgIpc) is 2.36. The summed E-state index contributed by atoms with van der Waals surface area (Å²) in [5.74, 6) is -3.66. The minimum absolute atomic E-state index is 0.245. The Balaban J connectivity index is 3.04. The van der Waals surface area contributed by atoms with Crippen molar-refractivity contribution in [1.29, 1.82) is 0 Å². The van der Waals surface area contributed by atoms with E-state index in [1.807, 2.05) is 0 Å². The minimum Gasteiger partial charge on any atom is -0.481 e. The molecule has 0 aliphatic heterocycles.